The molecule has 2 unspecified atom stereocenters. The number of aryl methyl sites for hydroxylation is 2. The number of nitro benzene ring substituents is 1. The van der Waals surface area contributed by atoms with Gasteiger partial charge in [-0.15, -0.1) is 0 Å². The second kappa shape index (κ2) is 5.30. The van der Waals surface area contributed by atoms with Crippen molar-refractivity contribution in [2.75, 3.05) is 12.4 Å². The lowest BCUT2D eigenvalue weighted by atomic mass is 9.97. The molecular weight excluding hydrogens is 266 g/mol. The minimum absolute atomic E-state index is 0.210. The third kappa shape index (κ3) is 2.62. The first-order chi connectivity index (χ1) is 9.95. The van der Waals surface area contributed by atoms with E-state index < -0.39 is 0 Å². The fourth-order valence-corrected chi connectivity index (χ4v) is 3.90. The predicted octanol–water partition coefficient (Wildman–Crippen LogP) is 3.25. The Bertz CT molecular complexity index is 559. The van der Waals surface area contributed by atoms with Crippen LogP contribution in [-0.2, 0) is 0 Å². The van der Waals surface area contributed by atoms with Gasteiger partial charge in [0.1, 0.15) is 0 Å². The highest BCUT2D eigenvalue weighted by molar-refractivity contribution is 5.59. The number of rotatable bonds is 3. The Balaban J connectivity index is 1.77. The monoisotopic (exact) mass is 289 g/mol. The molecule has 0 spiro atoms. The van der Waals surface area contributed by atoms with Crippen LogP contribution in [0.5, 0.6) is 0 Å². The van der Waals surface area contributed by atoms with Crippen molar-refractivity contribution in [3.05, 3.63) is 33.4 Å². The summed E-state index contributed by atoms with van der Waals surface area (Å²) in [5, 5.41) is 14.6. The highest BCUT2D eigenvalue weighted by Gasteiger charge is 2.38. The first kappa shape index (κ1) is 14.3. The Hall–Kier alpha value is -1.62. The van der Waals surface area contributed by atoms with E-state index in [2.05, 4.69) is 17.3 Å². The van der Waals surface area contributed by atoms with Gasteiger partial charge in [-0.2, -0.15) is 0 Å². The summed E-state index contributed by atoms with van der Waals surface area (Å²) in [4.78, 5) is 13.2. The first-order valence-corrected chi connectivity index (χ1v) is 7.70. The maximum atomic E-state index is 11.0. The summed E-state index contributed by atoms with van der Waals surface area (Å²) in [6.07, 6.45) is 4.94. The van der Waals surface area contributed by atoms with E-state index in [9.17, 15) is 10.1 Å². The van der Waals surface area contributed by atoms with Crippen molar-refractivity contribution in [2.24, 2.45) is 0 Å². The molecule has 2 aliphatic heterocycles. The molecule has 2 aliphatic rings. The normalized spacial score (nSPS) is 28.6. The van der Waals surface area contributed by atoms with Crippen molar-refractivity contribution in [2.45, 2.75) is 57.7 Å². The molecule has 0 aliphatic carbocycles. The van der Waals surface area contributed by atoms with E-state index in [0.29, 0.717) is 18.1 Å². The summed E-state index contributed by atoms with van der Waals surface area (Å²) in [7, 11) is 2.24. The zero-order valence-corrected chi connectivity index (χ0v) is 12.9. The van der Waals surface area contributed by atoms with Crippen molar-refractivity contribution in [1.82, 2.24) is 4.90 Å². The van der Waals surface area contributed by atoms with Crippen LogP contribution < -0.4 is 5.32 Å². The SMILES string of the molecule is Cc1cc([N+](=O)[O-])c(C)cc1NC1CC2CCC(C1)N2C. The standard InChI is InChI=1S/C16H23N3O2/c1-10-7-16(19(20)21)11(2)6-15(10)17-12-8-13-4-5-14(9-12)18(13)3/h6-7,12-14,17H,4-5,8-9H2,1-3H3. The third-order valence-corrected chi connectivity index (χ3v) is 5.20. The number of hydrogen-bond donors (Lipinski definition) is 1. The van der Waals surface area contributed by atoms with E-state index in [1.165, 1.54) is 25.7 Å². The van der Waals surface area contributed by atoms with Crippen LogP contribution in [-0.4, -0.2) is 35.0 Å². The van der Waals surface area contributed by atoms with Crippen molar-refractivity contribution >= 4 is 11.4 Å². The van der Waals surface area contributed by atoms with Crippen molar-refractivity contribution < 1.29 is 4.92 Å². The van der Waals surface area contributed by atoms with Crippen LogP contribution in [0.4, 0.5) is 11.4 Å². The Morgan fingerprint density at radius 2 is 1.81 bits per heavy atom. The van der Waals surface area contributed by atoms with Gasteiger partial charge in [-0.25, -0.2) is 0 Å². The minimum atomic E-state index is -0.304. The van der Waals surface area contributed by atoms with Gasteiger partial charge in [-0.3, -0.25) is 10.1 Å². The summed E-state index contributed by atoms with van der Waals surface area (Å²) < 4.78 is 0. The molecular formula is C16H23N3O2. The van der Waals surface area contributed by atoms with Crippen LogP contribution in [0.15, 0.2) is 12.1 Å². The molecule has 0 aromatic heterocycles. The molecule has 2 bridgehead atoms. The van der Waals surface area contributed by atoms with Crippen molar-refractivity contribution in [3.63, 3.8) is 0 Å². The summed E-state index contributed by atoms with van der Waals surface area (Å²) in [6, 6.07) is 5.48. The van der Waals surface area contributed by atoms with E-state index in [0.717, 1.165) is 16.8 Å². The highest BCUT2D eigenvalue weighted by atomic mass is 16.6. The number of anilines is 1. The van der Waals surface area contributed by atoms with Crippen LogP contribution in [0, 0.1) is 24.0 Å². The average molecular weight is 289 g/mol. The van der Waals surface area contributed by atoms with Gasteiger partial charge < -0.3 is 10.2 Å². The summed E-state index contributed by atoms with van der Waals surface area (Å²) in [5.41, 5.74) is 2.94. The van der Waals surface area contributed by atoms with Gasteiger partial charge in [-0.1, -0.05) is 0 Å². The number of nitrogens with one attached hydrogen (secondary N) is 1. The van der Waals surface area contributed by atoms with Crippen molar-refractivity contribution in [3.8, 4) is 0 Å². The van der Waals surface area contributed by atoms with Gasteiger partial charge in [0.2, 0.25) is 0 Å². The largest absolute Gasteiger partial charge is 0.382 e. The molecule has 21 heavy (non-hydrogen) atoms. The number of fused-ring (bicyclic) bond motifs is 2. The molecule has 2 heterocycles. The minimum Gasteiger partial charge on any atom is -0.382 e. The fourth-order valence-electron chi connectivity index (χ4n) is 3.90. The van der Waals surface area contributed by atoms with Gasteiger partial charge in [0, 0.05) is 35.4 Å². The van der Waals surface area contributed by atoms with Gasteiger partial charge in [0.05, 0.1) is 4.92 Å². The fraction of sp³-hybridized carbons (Fsp3) is 0.625. The zero-order valence-electron chi connectivity index (χ0n) is 12.9. The van der Waals surface area contributed by atoms with Gasteiger partial charge in [0.25, 0.3) is 5.69 Å². The second-order valence-corrected chi connectivity index (χ2v) is 6.57. The Labute approximate surface area is 125 Å². The third-order valence-electron chi connectivity index (χ3n) is 5.20. The Kier molecular flexibility index (Phi) is 3.61. The smallest absolute Gasteiger partial charge is 0.272 e. The average Bonchev–Trinajstić information content (AvgIpc) is 2.64. The van der Waals surface area contributed by atoms with Gasteiger partial charge >= 0.3 is 0 Å². The van der Waals surface area contributed by atoms with E-state index >= 15 is 0 Å². The summed E-state index contributed by atoms with van der Waals surface area (Å²) in [5.74, 6) is 0. The molecule has 2 fully saturated rings. The van der Waals surface area contributed by atoms with Crippen molar-refractivity contribution in [1.29, 1.82) is 0 Å². The summed E-state index contributed by atoms with van der Waals surface area (Å²) in [6.45, 7) is 3.75. The quantitative estimate of drug-likeness (QED) is 0.685. The lowest BCUT2D eigenvalue weighted by Gasteiger charge is -2.37. The van der Waals surface area contributed by atoms with Crippen LogP contribution in [0.2, 0.25) is 0 Å². The zero-order chi connectivity index (χ0) is 15.1. The van der Waals surface area contributed by atoms with Gasteiger partial charge in [0.15, 0.2) is 0 Å². The summed E-state index contributed by atoms with van der Waals surface area (Å²) >= 11 is 0. The molecule has 1 aromatic rings. The molecule has 3 rings (SSSR count). The lowest BCUT2D eigenvalue weighted by molar-refractivity contribution is -0.385. The molecule has 5 nitrogen and oxygen atoms in total. The van der Waals surface area contributed by atoms with E-state index in [-0.39, 0.29) is 10.6 Å². The number of hydrogen-bond acceptors (Lipinski definition) is 4. The van der Waals surface area contributed by atoms with Crippen LogP contribution in [0.3, 0.4) is 0 Å². The molecule has 5 heteroatoms. The highest BCUT2D eigenvalue weighted by Crippen LogP contribution is 2.36. The maximum Gasteiger partial charge on any atom is 0.272 e. The molecule has 0 amide bonds. The predicted molar refractivity (Wildman–Crippen MR) is 83.8 cm³/mol. The number of benzene rings is 1. The number of nitro groups is 1. The maximum absolute atomic E-state index is 11.0. The topological polar surface area (TPSA) is 58.4 Å². The van der Waals surface area contributed by atoms with Crippen LogP contribution in [0.25, 0.3) is 0 Å². The lowest BCUT2D eigenvalue weighted by Crippen LogP contribution is -2.44. The molecule has 1 aromatic carbocycles. The molecule has 2 saturated heterocycles. The van der Waals surface area contributed by atoms with E-state index in [1.54, 1.807) is 13.0 Å². The Morgan fingerprint density at radius 3 is 2.38 bits per heavy atom. The molecule has 0 saturated carbocycles. The van der Waals surface area contributed by atoms with E-state index in [1.807, 2.05) is 13.0 Å². The van der Waals surface area contributed by atoms with Gasteiger partial charge in [-0.05, 0) is 58.2 Å². The number of nitrogens with zero attached hydrogens (tertiary/aromatic N) is 2. The van der Waals surface area contributed by atoms with Crippen LogP contribution >= 0.6 is 0 Å². The Morgan fingerprint density at radius 1 is 1.19 bits per heavy atom. The van der Waals surface area contributed by atoms with E-state index in [4.69, 9.17) is 0 Å². The molecule has 0 radical (unpaired) electrons. The second-order valence-electron chi connectivity index (χ2n) is 6.57. The first-order valence-electron chi connectivity index (χ1n) is 7.70. The van der Waals surface area contributed by atoms with Crippen LogP contribution in [0.1, 0.15) is 36.8 Å². The molecule has 2 atom stereocenters. The molecule has 114 valence electrons. The molecule has 1 N–H and O–H groups in total. The number of piperidine rings is 1.